The molecule has 0 atom stereocenters. The molecule has 0 aliphatic rings. The predicted molar refractivity (Wildman–Crippen MR) is 83.0 cm³/mol. The third-order valence-electron chi connectivity index (χ3n) is 2.81. The summed E-state index contributed by atoms with van der Waals surface area (Å²) in [5.74, 6) is -0.0264. The summed E-state index contributed by atoms with van der Waals surface area (Å²) in [7, 11) is 0. The Bertz CT molecular complexity index is 636. The standard InChI is InChI=1S/C13H16N6OS/c1-3-9-5-7-10(8-6-9)11(20)14-13(21)15-12-16-18-19(4-2)17-12/h5-8H,3-4H2,1-2H3,(H2,14,15,17,20,21). The van der Waals surface area contributed by atoms with E-state index in [1.54, 1.807) is 12.1 Å². The maximum Gasteiger partial charge on any atom is 0.269 e. The van der Waals surface area contributed by atoms with Crippen molar-refractivity contribution in [1.82, 2.24) is 25.5 Å². The Hall–Kier alpha value is -2.35. The van der Waals surface area contributed by atoms with Crippen LogP contribution in [0.15, 0.2) is 24.3 Å². The molecule has 8 heteroatoms. The molecular weight excluding hydrogens is 288 g/mol. The Morgan fingerprint density at radius 2 is 2.00 bits per heavy atom. The molecule has 1 heterocycles. The molecule has 0 fully saturated rings. The average molecular weight is 304 g/mol. The lowest BCUT2D eigenvalue weighted by atomic mass is 10.1. The first-order valence-corrected chi connectivity index (χ1v) is 7.02. The highest BCUT2D eigenvalue weighted by atomic mass is 32.1. The van der Waals surface area contributed by atoms with Crippen LogP contribution in [0.2, 0.25) is 0 Å². The van der Waals surface area contributed by atoms with Gasteiger partial charge in [0.2, 0.25) is 0 Å². The lowest BCUT2D eigenvalue weighted by Gasteiger charge is -2.06. The van der Waals surface area contributed by atoms with Gasteiger partial charge in [-0.15, -0.1) is 5.10 Å². The van der Waals surface area contributed by atoms with E-state index in [9.17, 15) is 4.79 Å². The minimum Gasteiger partial charge on any atom is -0.299 e. The fraction of sp³-hybridized carbons (Fsp3) is 0.308. The Morgan fingerprint density at radius 3 is 2.57 bits per heavy atom. The van der Waals surface area contributed by atoms with Gasteiger partial charge in [-0.05, 0) is 48.5 Å². The van der Waals surface area contributed by atoms with E-state index in [-0.39, 0.29) is 17.0 Å². The van der Waals surface area contributed by atoms with E-state index in [0.717, 1.165) is 6.42 Å². The molecule has 2 aromatic rings. The highest BCUT2D eigenvalue weighted by molar-refractivity contribution is 7.80. The van der Waals surface area contributed by atoms with Gasteiger partial charge in [-0.3, -0.25) is 15.4 Å². The maximum absolute atomic E-state index is 12.0. The lowest BCUT2D eigenvalue weighted by molar-refractivity contribution is 0.0977. The highest BCUT2D eigenvalue weighted by Crippen LogP contribution is 2.05. The summed E-state index contributed by atoms with van der Waals surface area (Å²) >= 11 is 5.05. The first-order chi connectivity index (χ1) is 10.1. The van der Waals surface area contributed by atoms with Crippen LogP contribution >= 0.6 is 12.2 Å². The molecule has 0 saturated heterocycles. The van der Waals surface area contributed by atoms with Crippen molar-refractivity contribution in [2.24, 2.45) is 0 Å². The van der Waals surface area contributed by atoms with E-state index in [1.165, 1.54) is 10.4 Å². The summed E-state index contributed by atoms with van der Waals surface area (Å²) in [6, 6.07) is 7.37. The molecule has 1 aromatic heterocycles. The molecule has 0 bridgehead atoms. The Labute approximate surface area is 127 Å². The van der Waals surface area contributed by atoms with Crippen molar-refractivity contribution >= 4 is 29.2 Å². The molecule has 0 unspecified atom stereocenters. The van der Waals surface area contributed by atoms with E-state index in [2.05, 4.69) is 33.0 Å². The summed E-state index contributed by atoms with van der Waals surface area (Å²) in [5, 5.41) is 17.0. The smallest absolute Gasteiger partial charge is 0.269 e. The summed E-state index contributed by atoms with van der Waals surface area (Å²) in [5.41, 5.74) is 1.72. The van der Waals surface area contributed by atoms with Crippen LogP contribution in [0, 0.1) is 0 Å². The van der Waals surface area contributed by atoms with Crippen molar-refractivity contribution < 1.29 is 4.79 Å². The number of thiocarbonyl (C=S) groups is 1. The summed E-state index contributed by atoms with van der Waals surface area (Å²) < 4.78 is 0. The van der Waals surface area contributed by atoms with Crippen LogP contribution in [0.1, 0.15) is 29.8 Å². The molecule has 0 radical (unpaired) electrons. The number of hydrogen-bond donors (Lipinski definition) is 2. The van der Waals surface area contributed by atoms with Crippen LogP contribution in [0.4, 0.5) is 5.95 Å². The van der Waals surface area contributed by atoms with Crippen molar-refractivity contribution in [2.45, 2.75) is 26.8 Å². The fourth-order valence-corrected chi connectivity index (χ4v) is 1.81. The predicted octanol–water partition coefficient (Wildman–Crippen LogP) is 1.38. The molecule has 2 rings (SSSR count). The third kappa shape index (κ3) is 4.06. The molecule has 2 N–H and O–H groups in total. The number of tetrazole rings is 1. The first kappa shape index (κ1) is 15.0. The molecule has 0 spiro atoms. The van der Waals surface area contributed by atoms with Crippen molar-refractivity contribution in [3.63, 3.8) is 0 Å². The summed E-state index contributed by atoms with van der Waals surface area (Å²) in [6.45, 7) is 4.56. The number of nitrogens with zero attached hydrogens (tertiary/aromatic N) is 4. The number of aryl methyl sites for hydroxylation is 2. The summed E-state index contributed by atoms with van der Waals surface area (Å²) in [4.78, 5) is 13.4. The van der Waals surface area contributed by atoms with Crippen LogP contribution in [-0.4, -0.2) is 31.2 Å². The molecule has 110 valence electrons. The minimum atomic E-state index is -0.280. The minimum absolute atomic E-state index is 0.134. The van der Waals surface area contributed by atoms with Crippen LogP contribution in [0.3, 0.4) is 0 Å². The highest BCUT2D eigenvalue weighted by Gasteiger charge is 2.09. The average Bonchev–Trinajstić information content (AvgIpc) is 2.94. The van der Waals surface area contributed by atoms with Crippen molar-refractivity contribution in [3.05, 3.63) is 35.4 Å². The largest absolute Gasteiger partial charge is 0.299 e. The van der Waals surface area contributed by atoms with Crippen molar-refractivity contribution in [3.8, 4) is 0 Å². The Balaban J connectivity index is 1.93. The monoisotopic (exact) mass is 304 g/mol. The fourth-order valence-electron chi connectivity index (χ4n) is 1.63. The second kappa shape index (κ2) is 6.89. The zero-order valence-electron chi connectivity index (χ0n) is 11.8. The zero-order valence-corrected chi connectivity index (χ0v) is 12.6. The van der Waals surface area contributed by atoms with Gasteiger partial charge < -0.3 is 0 Å². The van der Waals surface area contributed by atoms with Gasteiger partial charge in [-0.2, -0.15) is 4.80 Å². The molecule has 0 aliphatic heterocycles. The topological polar surface area (TPSA) is 84.7 Å². The van der Waals surface area contributed by atoms with Gasteiger partial charge in [0, 0.05) is 5.56 Å². The Kier molecular flexibility index (Phi) is 4.94. The van der Waals surface area contributed by atoms with E-state index in [4.69, 9.17) is 12.2 Å². The maximum atomic E-state index is 12.0. The number of aromatic nitrogens is 4. The number of rotatable bonds is 4. The number of hydrogen-bond acceptors (Lipinski definition) is 5. The van der Waals surface area contributed by atoms with Gasteiger partial charge in [0.15, 0.2) is 5.11 Å². The lowest BCUT2D eigenvalue weighted by Crippen LogP contribution is -2.34. The second-order valence-electron chi connectivity index (χ2n) is 4.26. The van der Waals surface area contributed by atoms with Crippen LogP contribution < -0.4 is 10.6 Å². The SMILES string of the molecule is CCc1ccc(C(=O)NC(=S)Nc2nnn(CC)n2)cc1. The van der Waals surface area contributed by atoms with Gasteiger partial charge in [0.25, 0.3) is 11.9 Å². The Morgan fingerprint density at radius 1 is 1.29 bits per heavy atom. The van der Waals surface area contributed by atoms with Crippen LogP contribution in [-0.2, 0) is 13.0 Å². The van der Waals surface area contributed by atoms with Gasteiger partial charge in [0.05, 0.1) is 6.54 Å². The van der Waals surface area contributed by atoms with Gasteiger partial charge in [0.1, 0.15) is 0 Å². The van der Waals surface area contributed by atoms with E-state index in [1.807, 2.05) is 19.1 Å². The van der Waals surface area contributed by atoms with Crippen molar-refractivity contribution in [2.75, 3.05) is 5.32 Å². The number of carbonyl (C=O) groups excluding carboxylic acids is 1. The van der Waals surface area contributed by atoms with Crippen molar-refractivity contribution in [1.29, 1.82) is 0 Å². The number of nitrogens with one attached hydrogen (secondary N) is 2. The van der Waals surface area contributed by atoms with E-state index < -0.39 is 0 Å². The number of anilines is 1. The first-order valence-electron chi connectivity index (χ1n) is 6.61. The molecule has 1 amide bonds. The molecule has 0 saturated carbocycles. The van der Waals surface area contributed by atoms with Gasteiger partial charge >= 0.3 is 0 Å². The van der Waals surface area contributed by atoms with Gasteiger partial charge in [-0.1, -0.05) is 24.2 Å². The van der Waals surface area contributed by atoms with E-state index in [0.29, 0.717) is 12.1 Å². The number of benzene rings is 1. The van der Waals surface area contributed by atoms with Crippen LogP contribution in [0.5, 0.6) is 0 Å². The molecule has 21 heavy (non-hydrogen) atoms. The third-order valence-corrected chi connectivity index (χ3v) is 3.02. The zero-order chi connectivity index (χ0) is 15.2. The van der Waals surface area contributed by atoms with Gasteiger partial charge in [-0.25, -0.2) is 0 Å². The second-order valence-corrected chi connectivity index (χ2v) is 4.67. The number of carbonyl (C=O) groups is 1. The molecule has 7 nitrogen and oxygen atoms in total. The molecule has 0 aliphatic carbocycles. The summed E-state index contributed by atoms with van der Waals surface area (Å²) in [6.07, 6.45) is 0.931. The quantitative estimate of drug-likeness (QED) is 0.830. The van der Waals surface area contributed by atoms with Crippen LogP contribution in [0.25, 0.3) is 0 Å². The van der Waals surface area contributed by atoms with E-state index >= 15 is 0 Å². The molecule has 1 aromatic carbocycles. The normalized spacial score (nSPS) is 10.2. The molecular formula is C13H16N6OS. The number of amides is 1.